The molecule has 0 aliphatic heterocycles. The summed E-state index contributed by atoms with van der Waals surface area (Å²) in [6, 6.07) is 7.70. The van der Waals surface area contributed by atoms with Gasteiger partial charge in [-0.25, -0.2) is 4.98 Å². The summed E-state index contributed by atoms with van der Waals surface area (Å²) in [6.45, 7) is 3.83. The smallest absolute Gasteiger partial charge is 0.357 e. The summed E-state index contributed by atoms with van der Waals surface area (Å²) in [7, 11) is 0. The lowest BCUT2D eigenvalue weighted by atomic mass is 10.1. The lowest BCUT2D eigenvalue weighted by molar-refractivity contribution is -0.137. The maximum absolute atomic E-state index is 12.6. The van der Waals surface area contributed by atoms with Crippen LogP contribution in [0, 0.1) is 0 Å². The molecule has 1 heterocycles. The molecular formula is C20H24ClF3IN5O. The minimum absolute atomic E-state index is 0. The molecule has 2 aromatic rings. The average Bonchev–Trinajstić information content (AvgIpc) is 2.72. The van der Waals surface area contributed by atoms with E-state index in [4.69, 9.17) is 11.6 Å². The van der Waals surface area contributed by atoms with Crippen LogP contribution in [0.25, 0.3) is 0 Å². The van der Waals surface area contributed by atoms with Crippen molar-refractivity contribution in [2.45, 2.75) is 19.5 Å². The summed E-state index contributed by atoms with van der Waals surface area (Å²) in [5, 5.41) is 9.29. The fourth-order valence-corrected chi connectivity index (χ4v) is 2.57. The normalized spacial score (nSPS) is 11.5. The highest BCUT2D eigenvalue weighted by molar-refractivity contribution is 14.0. The summed E-state index contributed by atoms with van der Waals surface area (Å²) in [5.74, 6) is 0.158. The zero-order valence-corrected chi connectivity index (χ0v) is 19.9. The quantitative estimate of drug-likeness (QED) is 0.148. The molecule has 11 heteroatoms. The van der Waals surface area contributed by atoms with E-state index in [1.54, 1.807) is 12.3 Å². The van der Waals surface area contributed by atoms with E-state index in [0.29, 0.717) is 37.2 Å². The number of halogens is 5. The van der Waals surface area contributed by atoms with Gasteiger partial charge in [0, 0.05) is 37.9 Å². The van der Waals surface area contributed by atoms with Crippen molar-refractivity contribution in [2.75, 3.05) is 26.2 Å². The SMILES string of the molecule is CCNC(=NCCc1ccc(Cl)nc1)NCCNC(=O)c1ccc(C(F)(F)F)cc1.I. The third kappa shape index (κ3) is 9.72. The zero-order valence-electron chi connectivity index (χ0n) is 16.8. The Morgan fingerprint density at radius 1 is 1.06 bits per heavy atom. The molecule has 0 unspecified atom stereocenters. The van der Waals surface area contributed by atoms with E-state index in [0.717, 1.165) is 29.8 Å². The summed E-state index contributed by atoms with van der Waals surface area (Å²) in [6.07, 6.45) is -2.02. The number of nitrogens with zero attached hydrogens (tertiary/aromatic N) is 2. The number of carbonyl (C=O) groups is 1. The summed E-state index contributed by atoms with van der Waals surface area (Å²) in [5.41, 5.74) is 0.393. The van der Waals surface area contributed by atoms with Crippen LogP contribution in [0.5, 0.6) is 0 Å². The predicted octanol–water partition coefficient (Wildman–Crippen LogP) is 3.90. The van der Waals surface area contributed by atoms with Crippen molar-refractivity contribution in [1.82, 2.24) is 20.9 Å². The molecular weight excluding hydrogens is 546 g/mol. The van der Waals surface area contributed by atoms with E-state index in [-0.39, 0.29) is 36.1 Å². The molecule has 1 aromatic carbocycles. The standard InChI is InChI=1S/C20H23ClF3N5O.HI/c1-2-25-19(27-10-9-14-3-8-17(21)29-13-14)28-12-11-26-18(30)15-4-6-16(7-5-15)20(22,23)24;/h3-8,13H,2,9-12H2,1H3,(H,26,30)(H2,25,27,28);1H. The molecule has 0 aliphatic rings. The largest absolute Gasteiger partial charge is 0.416 e. The Morgan fingerprint density at radius 3 is 2.32 bits per heavy atom. The highest BCUT2D eigenvalue weighted by Crippen LogP contribution is 2.29. The second-order valence-corrected chi connectivity index (χ2v) is 6.64. The Hall–Kier alpha value is -2.08. The van der Waals surface area contributed by atoms with Gasteiger partial charge in [-0.2, -0.15) is 13.2 Å². The van der Waals surface area contributed by atoms with Gasteiger partial charge < -0.3 is 16.0 Å². The first kappa shape index (κ1) is 27.0. The van der Waals surface area contributed by atoms with Crippen LogP contribution in [0.4, 0.5) is 13.2 Å². The molecule has 0 saturated carbocycles. The number of alkyl halides is 3. The molecule has 2 rings (SSSR count). The van der Waals surface area contributed by atoms with Gasteiger partial charge in [-0.05, 0) is 49.2 Å². The number of carbonyl (C=O) groups excluding carboxylic acids is 1. The average molecular weight is 570 g/mol. The highest BCUT2D eigenvalue weighted by atomic mass is 127. The van der Waals surface area contributed by atoms with E-state index in [9.17, 15) is 18.0 Å². The molecule has 0 radical (unpaired) electrons. The minimum Gasteiger partial charge on any atom is -0.357 e. The first-order chi connectivity index (χ1) is 14.3. The van der Waals surface area contributed by atoms with Gasteiger partial charge in [0.15, 0.2) is 5.96 Å². The molecule has 0 aliphatic carbocycles. The first-order valence-corrected chi connectivity index (χ1v) is 9.75. The molecule has 1 amide bonds. The van der Waals surface area contributed by atoms with Gasteiger partial charge in [0.2, 0.25) is 0 Å². The number of amides is 1. The van der Waals surface area contributed by atoms with Crippen molar-refractivity contribution >= 4 is 47.4 Å². The van der Waals surface area contributed by atoms with Crippen molar-refractivity contribution in [2.24, 2.45) is 4.99 Å². The Balaban J connectivity index is 0.00000480. The molecule has 1 aromatic heterocycles. The van der Waals surface area contributed by atoms with E-state index >= 15 is 0 Å². The van der Waals surface area contributed by atoms with Gasteiger partial charge in [0.1, 0.15) is 5.15 Å². The van der Waals surface area contributed by atoms with Crippen LogP contribution in [0.15, 0.2) is 47.6 Å². The number of hydrogen-bond acceptors (Lipinski definition) is 3. The number of nitrogens with one attached hydrogen (secondary N) is 3. The van der Waals surface area contributed by atoms with Crippen LogP contribution < -0.4 is 16.0 Å². The van der Waals surface area contributed by atoms with Gasteiger partial charge in [0.25, 0.3) is 5.91 Å². The second kappa shape index (κ2) is 13.4. The van der Waals surface area contributed by atoms with E-state index in [1.807, 2.05) is 13.0 Å². The Labute approximate surface area is 201 Å². The van der Waals surface area contributed by atoms with Gasteiger partial charge >= 0.3 is 6.18 Å². The Kier molecular flexibility index (Phi) is 11.6. The third-order valence-electron chi connectivity index (χ3n) is 3.98. The number of rotatable bonds is 8. The van der Waals surface area contributed by atoms with Gasteiger partial charge in [-0.15, -0.1) is 24.0 Å². The number of benzene rings is 1. The highest BCUT2D eigenvalue weighted by Gasteiger charge is 2.30. The Bertz CT molecular complexity index is 845. The van der Waals surface area contributed by atoms with Crippen molar-refractivity contribution in [3.8, 4) is 0 Å². The molecule has 0 spiro atoms. The molecule has 170 valence electrons. The van der Waals surface area contributed by atoms with Gasteiger partial charge in [0.05, 0.1) is 5.56 Å². The van der Waals surface area contributed by atoms with Crippen molar-refractivity contribution in [1.29, 1.82) is 0 Å². The molecule has 3 N–H and O–H groups in total. The second-order valence-electron chi connectivity index (χ2n) is 6.26. The Morgan fingerprint density at radius 2 is 1.74 bits per heavy atom. The van der Waals surface area contributed by atoms with Crippen molar-refractivity contribution < 1.29 is 18.0 Å². The van der Waals surface area contributed by atoms with Crippen LogP contribution in [0.3, 0.4) is 0 Å². The molecule has 0 fully saturated rings. The number of hydrogen-bond donors (Lipinski definition) is 3. The minimum atomic E-state index is -4.43. The van der Waals surface area contributed by atoms with Crippen LogP contribution in [0.2, 0.25) is 5.15 Å². The van der Waals surface area contributed by atoms with Crippen LogP contribution in [-0.4, -0.2) is 43.0 Å². The molecule has 0 bridgehead atoms. The van der Waals surface area contributed by atoms with E-state index in [2.05, 4.69) is 25.9 Å². The summed E-state index contributed by atoms with van der Waals surface area (Å²) in [4.78, 5) is 20.5. The summed E-state index contributed by atoms with van der Waals surface area (Å²) < 4.78 is 37.7. The van der Waals surface area contributed by atoms with Gasteiger partial charge in [-0.1, -0.05) is 17.7 Å². The fourth-order valence-electron chi connectivity index (χ4n) is 2.46. The number of aliphatic imine (C=N–C) groups is 1. The zero-order chi connectivity index (χ0) is 22.0. The molecule has 6 nitrogen and oxygen atoms in total. The maximum atomic E-state index is 12.6. The lowest BCUT2D eigenvalue weighted by Gasteiger charge is -2.12. The first-order valence-electron chi connectivity index (χ1n) is 9.37. The number of pyridine rings is 1. The van der Waals surface area contributed by atoms with Crippen molar-refractivity contribution in [3.05, 3.63) is 64.4 Å². The van der Waals surface area contributed by atoms with Crippen molar-refractivity contribution in [3.63, 3.8) is 0 Å². The number of guanidine groups is 1. The topological polar surface area (TPSA) is 78.4 Å². The lowest BCUT2D eigenvalue weighted by Crippen LogP contribution is -2.41. The van der Waals surface area contributed by atoms with Crippen LogP contribution in [0.1, 0.15) is 28.4 Å². The van der Waals surface area contributed by atoms with E-state index < -0.39 is 17.6 Å². The summed E-state index contributed by atoms with van der Waals surface area (Å²) >= 11 is 5.76. The van der Waals surface area contributed by atoms with Gasteiger partial charge in [-0.3, -0.25) is 9.79 Å². The van der Waals surface area contributed by atoms with Crippen LogP contribution in [-0.2, 0) is 12.6 Å². The predicted molar refractivity (Wildman–Crippen MR) is 126 cm³/mol. The van der Waals surface area contributed by atoms with Crippen LogP contribution >= 0.6 is 35.6 Å². The number of aromatic nitrogens is 1. The monoisotopic (exact) mass is 569 g/mol. The third-order valence-corrected chi connectivity index (χ3v) is 4.20. The molecule has 31 heavy (non-hydrogen) atoms. The molecule has 0 atom stereocenters. The van der Waals surface area contributed by atoms with E-state index in [1.165, 1.54) is 0 Å². The fraction of sp³-hybridized carbons (Fsp3) is 0.350. The molecule has 0 saturated heterocycles. The maximum Gasteiger partial charge on any atom is 0.416 e.